The van der Waals surface area contributed by atoms with E-state index in [0.29, 0.717) is 15.2 Å². The first-order valence-electron chi connectivity index (χ1n) is 11.2. The molecule has 32 heavy (non-hydrogen) atoms. The van der Waals surface area contributed by atoms with Gasteiger partial charge in [-0.3, -0.25) is 4.99 Å². The smallest absolute Gasteiger partial charge is 0.126 e. The van der Waals surface area contributed by atoms with E-state index in [1.165, 1.54) is 32.1 Å². The van der Waals surface area contributed by atoms with Crippen LogP contribution in [0.1, 0.15) is 11.1 Å². The largest absolute Gasteiger partial charge is 0.488 e. The maximum atomic E-state index is 6.64. The summed E-state index contributed by atoms with van der Waals surface area (Å²) >= 11 is 0. The molecule has 0 spiro atoms. The molecule has 3 aromatic carbocycles. The molecule has 0 fully saturated rings. The Bertz CT molecular complexity index is 1080. The first kappa shape index (κ1) is 24.6. The predicted octanol–water partition coefficient (Wildman–Crippen LogP) is 5.03. The number of aliphatic imine (C=N–C) groups is 1. The molecule has 1 atom stereocenters. The van der Waals surface area contributed by atoms with Gasteiger partial charge in [-0.1, -0.05) is 120 Å². The Morgan fingerprint density at radius 3 is 2.09 bits per heavy atom. The lowest BCUT2D eigenvalue weighted by atomic mass is 10.2. The summed E-state index contributed by atoms with van der Waals surface area (Å²) in [6, 6.07) is 24.0. The van der Waals surface area contributed by atoms with E-state index in [2.05, 4.69) is 111 Å². The zero-order valence-electron chi connectivity index (χ0n) is 20.5. The lowest BCUT2D eigenvalue weighted by Gasteiger charge is -2.28. The van der Waals surface area contributed by atoms with Crippen molar-refractivity contribution in [3.8, 4) is 5.75 Å². The van der Waals surface area contributed by atoms with Crippen LogP contribution >= 0.6 is 8.58 Å². The van der Waals surface area contributed by atoms with Crippen molar-refractivity contribution in [3.05, 3.63) is 77.9 Å². The lowest BCUT2D eigenvalue weighted by Crippen LogP contribution is -2.48. The second-order valence-electron chi connectivity index (χ2n) is 10.3. The van der Waals surface area contributed by atoms with E-state index >= 15 is 0 Å². The van der Waals surface area contributed by atoms with Gasteiger partial charge in [0.2, 0.25) is 0 Å². The Kier molecular flexibility index (Phi) is 7.92. The Hall–Kier alpha value is -2.01. The number of hydrogen-bond donors (Lipinski definition) is 0. The molecule has 0 radical (unpaired) electrons. The van der Waals surface area contributed by atoms with Crippen LogP contribution in [0.3, 0.4) is 0 Å². The number of hydrogen-bond acceptors (Lipinski definition) is 2. The van der Waals surface area contributed by atoms with Crippen LogP contribution in [0.25, 0.3) is 0 Å². The molecule has 0 heterocycles. The summed E-state index contributed by atoms with van der Waals surface area (Å²) in [6.45, 7) is 15.2. The van der Waals surface area contributed by atoms with Crippen molar-refractivity contribution in [3.63, 3.8) is 0 Å². The van der Waals surface area contributed by atoms with E-state index in [1.807, 2.05) is 13.3 Å². The lowest BCUT2D eigenvalue weighted by molar-refractivity contribution is 0.311. The third-order valence-corrected chi connectivity index (χ3v) is 10.9. The van der Waals surface area contributed by atoms with Crippen molar-refractivity contribution in [2.24, 2.45) is 4.99 Å². The molecule has 3 rings (SSSR count). The number of benzene rings is 3. The molecule has 0 saturated carbocycles. The molecule has 0 N–H and O–H groups in total. The van der Waals surface area contributed by atoms with Gasteiger partial charge in [-0.25, -0.2) is 0 Å². The van der Waals surface area contributed by atoms with E-state index in [1.54, 1.807) is 0 Å². The van der Waals surface area contributed by atoms with Gasteiger partial charge in [-0.05, 0) is 21.6 Å². The van der Waals surface area contributed by atoms with Crippen LogP contribution in [0.2, 0.25) is 39.3 Å². The zero-order valence-corrected chi connectivity index (χ0v) is 23.5. The number of rotatable bonds is 8. The summed E-state index contributed by atoms with van der Waals surface area (Å²) in [5.41, 5.74) is 2.39. The van der Waals surface area contributed by atoms with Crippen molar-refractivity contribution in [2.45, 2.75) is 45.9 Å². The molecule has 0 amide bonds. The zero-order chi connectivity index (χ0) is 23.4. The minimum Gasteiger partial charge on any atom is -0.488 e. The van der Waals surface area contributed by atoms with Crippen LogP contribution in [-0.2, 0) is 6.61 Å². The Morgan fingerprint density at radius 2 is 1.47 bits per heavy atom. The van der Waals surface area contributed by atoms with Gasteiger partial charge in [-0.15, -0.1) is 0 Å². The van der Waals surface area contributed by atoms with Crippen molar-refractivity contribution in [2.75, 3.05) is 7.05 Å². The third kappa shape index (κ3) is 6.28. The van der Waals surface area contributed by atoms with Crippen molar-refractivity contribution >= 4 is 51.9 Å². The molecule has 3 aromatic rings. The molecule has 0 aliphatic rings. The third-order valence-electron chi connectivity index (χ3n) is 5.49. The second kappa shape index (κ2) is 10.3. The molecule has 5 heteroatoms. The maximum absolute atomic E-state index is 6.64. The number of nitrogens with zero attached hydrogens (tertiary/aromatic N) is 1. The molecule has 0 bridgehead atoms. The highest BCUT2D eigenvalue weighted by molar-refractivity contribution is 7.56. The normalized spacial score (nSPS) is 12.7. The molecular formula is C27H36NOPSi2. The molecule has 0 saturated heterocycles. The molecular weight excluding hydrogens is 441 g/mol. The Balaban J connectivity index is 2.15. The summed E-state index contributed by atoms with van der Waals surface area (Å²) < 4.78 is 6.64. The molecule has 1 unspecified atom stereocenters. The summed E-state index contributed by atoms with van der Waals surface area (Å²) in [4.78, 5) is 4.28. The molecule has 168 valence electrons. The van der Waals surface area contributed by atoms with Gasteiger partial charge < -0.3 is 4.74 Å². The van der Waals surface area contributed by atoms with Gasteiger partial charge >= 0.3 is 0 Å². The molecule has 2 nitrogen and oxygen atoms in total. The highest BCUT2D eigenvalue weighted by Gasteiger charge is 2.28. The Labute approximate surface area is 198 Å². The molecule has 0 aliphatic carbocycles. The van der Waals surface area contributed by atoms with Gasteiger partial charge in [0.15, 0.2) is 0 Å². The first-order chi connectivity index (χ1) is 15.1. The average molecular weight is 478 g/mol. The van der Waals surface area contributed by atoms with Gasteiger partial charge in [0.05, 0.1) is 16.1 Å². The maximum Gasteiger partial charge on any atom is 0.126 e. The van der Waals surface area contributed by atoms with Crippen LogP contribution in [-0.4, -0.2) is 29.4 Å². The summed E-state index contributed by atoms with van der Waals surface area (Å²) in [7, 11) is -0.747. The quantitative estimate of drug-likeness (QED) is 0.253. The minimum absolute atomic E-state index is 0.531. The fourth-order valence-electron chi connectivity index (χ4n) is 3.60. The topological polar surface area (TPSA) is 21.6 Å². The average Bonchev–Trinajstić information content (AvgIpc) is 2.73. The van der Waals surface area contributed by atoms with Gasteiger partial charge in [-0.2, -0.15) is 0 Å². The van der Waals surface area contributed by atoms with E-state index < -0.39 is 16.1 Å². The van der Waals surface area contributed by atoms with E-state index in [-0.39, 0.29) is 0 Å². The highest BCUT2D eigenvalue weighted by Crippen LogP contribution is 2.23. The van der Waals surface area contributed by atoms with Crippen LogP contribution in [0.4, 0.5) is 0 Å². The first-order valence-corrected chi connectivity index (χ1v) is 19.2. The summed E-state index contributed by atoms with van der Waals surface area (Å²) in [5, 5.41) is 5.61. The Morgan fingerprint density at radius 1 is 0.812 bits per heavy atom. The van der Waals surface area contributed by atoms with E-state index in [0.717, 1.165) is 5.75 Å². The van der Waals surface area contributed by atoms with Crippen LogP contribution in [0.15, 0.2) is 71.7 Å². The predicted molar refractivity (Wildman–Crippen MR) is 151 cm³/mol. The van der Waals surface area contributed by atoms with Gasteiger partial charge in [0.25, 0.3) is 0 Å². The van der Waals surface area contributed by atoms with Crippen molar-refractivity contribution in [1.29, 1.82) is 0 Å². The SMILES string of the molecule is CN=Cc1ccccc1Pc1cc([Si](C)(C)C)cc([Si](C)(C)C)c1OCc1ccccc1. The fourth-order valence-corrected chi connectivity index (χ4v) is 7.96. The minimum atomic E-state index is -1.63. The van der Waals surface area contributed by atoms with Crippen molar-refractivity contribution < 1.29 is 4.74 Å². The fraction of sp³-hybridized carbons (Fsp3) is 0.296. The standard InChI is InChI=1S/C27H36NOPSi2/c1-28-19-22-15-11-12-16-24(22)30-25-17-23(31(2,3)4)18-26(32(5,6)7)27(25)29-20-21-13-9-8-10-14-21/h8-19,30H,20H2,1-7H3. The summed E-state index contributed by atoms with van der Waals surface area (Å²) in [6.07, 6.45) is 1.97. The molecule has 0 aromatic heterocycles. The van der Waals surface area contributed by atoms with Gasteiger partial charge in [0, 0.05) is 18.6 Å². The van der Waals surface area contributed by atoms with Crippen molar-refractivity contribution in [1.82, 2.24) is 0 Å². The second-order valence-corrected chi connectivity index (χ2v) is 21.7. The highest BCUT2D eigenvalue weighted by atomic mass is 31.1. The summed E-state index contributed by atoms with van der Waals surface area (Å²) in [5.74, 6) is 1.11. The van der Waals surface area contributed by atoms with Crippen LogP contribution < -0.4 is 25.7 Å². The van der Waals surface area contributed by atoms with E-state index in [9.17, 15) is 0 Å². The molecule has 0 aliphatic heterocycles. The van der Waals surface area contributed by atoms with E-state index in [4.69, 9.17) is 4.74 Å². The van der Waals surface area contributed by atoms with Crippen LogP contribution in [0, 0.1) is 0 Å². The van der Waals surface area contributed by atoms with Gasteiger partial charge in [0.1, 0.15) is 12.4 Å². The van der Waals surface area contributed by atoms with Crippen LogP contribution in [0.5, 0.6) is 5.75 Å². The number of ether oxygens (including phenoxy) is 1. The monoisotopic (exact) mass is 477 g/mol.